The molecular weight excluding hydrogens is 396 g/mol. The number of carbonyl (C=O) groups is 3. The van der Waals surface area contributed by atoms with E-state index in [2.05, 4.69) is 0 Å². The number of fused-ring (bicyclic) bond motifs is 2. The van der Waals surface area contributed by atoms with Crippen LogP contribution in [0.4, 0.5) is 5.69 Å². The van der Waals surface area contributed by atoms with Gasteiger partial charge in [-0.05, 0) is 29.8 Å². The molecule has 5 rings (SSSR count). The highest BCUT2D eigenvalue weighted by Crippen LogP contribution is 2.43. The number of thioether (sulfide) groups is 1. The van der Waals surface area contributed by atoms with Crippen molar-refractivity contribution in [1.29, 1.82) is 0 Å². The molecule has 30 heavy (non-hydrogen) atoms. The Morgan fingerprint density at radius 2 is 1.43 bits per heavy atom. The first kappa shape index (κ1) is 18.6. The van der Waals surface area contributed by atoms with E-state index in [0.717, 1.165) is 21.0 Å². The van der Waals surface area contributed by atoms with E-state index in [1.165, 1.54) is 0 Å². The van der Waals surface area contributed by atoms with Crippen molar-refractivity contribution in [2.24, 2.45) is 0 Å². The molecule has 1 unspecified atom stereocenters. The molecule has 0 saturated carbocycles. The van der Waals surface area contributed by atoms with E-state index in [4.69, 9.17) is 0 Å². The van der Waals surface area contributed by atoms with E-state index in [1.54, 1.807) is 40.9 Å². The summed E-state index contributed by atoms with van der Waals surface area (Å²) in [5.41, 5.74) is 2.54. The molecule has 0 saturated heterocycles. The minimum Gasteiger partial charge on any atom is -0.301 e. The zero-order valence-corrected chi connectivity index (χ0v) is 16.8. The Morgan fingerprint density at radius 1 is 0.833 bits per heavy atom. The van der Waals surface area contributed by atoms with Gasteiger partial charge in [0.15, 0.2) is 0 Å². The van der Waals surface area contributed by atoms with Crippen molar-refractivity contribution in [3.05, 3.63) is 95.6 Å². The molecule has 0 spiro atoms. The summed E-state index contributed by atoms with van der Waals surface area (Å²) in [6.07, 6.45) is 0. The number of para-hydroxylation sites is 1. The first-order chi connectivity index (χ1) is 14.6. The molecule has 3 aromatic carbocycles. The highest BCUT2D eigenvalue weighted by Gasteiger charge is 2.39. The SMILES string of the molecule is O=C1c2ccccc2C(=O)N1CC(=O)N1c2ccccc2SCC1c1ccccc1. The Kier molecular flexibility index (Phi) is 4.64. The number of amides is 3. The molecule has 2 heterocycles. The molecule has 0 radical (unpaired) electrons. The third-order valence-electron chi connectivity index (χ3n) is 5.46. The lowest BCUT2D eigenvalue weighted by Gasteiger charge is -2.37. The van der Waals surface area contributed by atoms with Crippen molar-refractivity contribution in [3.63, 3.8) is 0 Å². The van der Waals surface area contributed by atoms with Gasteiger partial charge >= 0.3 is 0 Å². The molecule has 0 fully saturated rings. The number of hydrogen-bond donors (Lipinski definition) is 0. The maximum absolute atomic E-state index is 13.5. The number of carbonyl (C=O) groups excluding carboxylic acids is 3. The predicted molar refractivity (Wildman–Crippen MR) is 116 cm³/mol. The van der Waals surface area contributed by atoms with Crippen molar-refractivity contribution < 1.29 is 14.4 Å². The summed E-state index contributed by atoms with van der Waals surface area (Å²) in [7, 11) is 0. The first-order valence-corrected chi connectivity index (χ1v) is 10.7. The molecule has 0 aliphatic carbocycles. The largest absolute Gasteiger partial charge is 0.301 e. The van der Waals surface area contributed by atoms with Crippen LogP contribution in [0.25, 0.3) is 0 Å². The Morgan fingerprint density at radius 3 is 2.13 bits per heavy atom. The van der Waals surface area contributed by atoms with Gasteiger partial charge in [0.25, 0.3) is 11.8 Å². The highest BCUT2D eigenvalue weighted by molar-refractivity contribution is 7.99. The summed E-state index contributed by atoms with van der Waals surface area (Å²) >= 11 is 1.71. The van der Waals surface area contributed by atoms with Crippen molar-refractivity contribution in [2.75, 3.05) is 17.2 Å². The maximum Gasteiger partial charge on any atom is 0.262 e. The van der Waals surface area contributed by atoms with Gasteiger partial charge in [-0.3, -0.25) is 19.3 Å². The third-order valence-corrected chi connectivity index (χ3v) is 6.60. The zero-order chi connectivity index (χ0) is 20.7. The quantitative estimate of drug-likeness (QED) is 0.604. The van der Waals surface area contributed by atoms with Crippen molar-refractivity contribution in [3.8, 4) is 0 Å². The fraction of sp³-hybridized carbons (Fsp3) is 0.125. The highest BCUT2D eigenvalue weighted by atomic mass is 32.2. The lowest BCUT2D eigenvalue weighted by atomic mass is 10.1. The second-order valence-electron chi connectivity index (χ2n) is 7.21. The van der Waals surface area contributed by atoms with E-state index in [0.29, 0.717) is 16.9 Å². The molecule has 2 aliphatic rings. The number of benzene rings is 3. The maximum atomic E-state index is 13.5. The van der Waals surface area contributed by atoms with Crippen LogP contribution in [0.3, 0.4) is 0 Å². The minimum atomic E-state index is -0.417. The second kappa shape index (κ2) is 7.46. The average Bonchev–Trinajstić information content (AvgIpc) is 3.04. The summed E-state index contributed by atoms with van der Waals surface area (Å²) in [5.74, 6) is -0.402. The van der Waals surface area contributed by atoms with Crippen molar-refractivity contribution in [1.82, 2.24) is 4.90 Å². The van der Waals surface area contributed by atoms with E-state index in [1.807, 2.05) is 54.6 Å². The van der Waals surface area contributed by atoms with Crippen LogP contribution >= 0.6 is 11.8 Å². The number of rotatable bonds is 3. The molecule has 0 aromatic heterocycles. The van der Waals surface area contributed by atoms with Gasteiger partial charge in [-0.2, -0.15) is 0 Å². The molecule has 6 heteroatoms. The Labute approximate surface area is 178 Å². The number of imide groups is 1. The number of hydrogen-bond acceptors (Lipinski definition) is 4. The van der Waals surface area contributed by atoms with Gasteiger partial charge in [0.1, 0.15) is 6.54 Å². The van der Waals surface area contributed by atoms with Crippen LogP contribution in [0, 0.1) is 0 Å². The summed E-state index contributed by atoms with van der Waals surface area (Å²) < 4.78 is 0. The van der Waals surface area contributed by atoms with Crippen molar-refractivity contribution >= 4 is 35.2 Å². The van der Waals surface area contributed by atoms with Crippen LogP contribution in [0.2, 0.25) is 0 Å². The molecule has 2 aliphatic heterocycles. The molecular formula is C24H18N2O3S. The van der Waals surface area contributed by atoms with E-state index >= 15 is 0 Å². The fourth-order valence-corrected chi connectivity index (χ4v) is 5.18. The van der Waals surface area contributed by atoms with Gasteiger partial charge in [0.05, 0.1) is 22.9 Å². The first-order valence-electron chi connectivity index (χ1n) is 9.69. The Bertz CT molecular complexity index is 1130. The van der Waals surface area contributed by atoms with Gasteiger partial charge in [0, 0.05) is 10.6 Å². The van der Waals surface area contributed by atoms with Crippen LogP contribution in [0.15, 0.2) is 83.8 Å². The van der Waals surface area contributed by atoms with Gasteiger partial charge < -0.3 is 4.90 Å². The Hall–Kier alpha value is -3.38. The lowest BCUT2D eigenvalue weighted by Crippen LogP contribution is -2.46. The predicted octanol–water partition coefficient (Wildman–Crippen LogP) is 4.16. The van der Waals surface area contributed by atoms with Gasteiger partial charge in [-0.25, -0.2) is 0 Å². The normalized spacial score (nSPS) is 17.7. The topological polar surface area (TPSA) is 57.7 Å². The van der Waals surface area contributed by atoms with Crippen LogP contribution in [-0.2, 0) is 4.79 Å². The number of anilines is 1. The van der Waals surface area contributed by atoms with Crippen LogP contribution in [-0.4, -0.2) is 34.9 Å². The fourth-order valence-electron chi connectivity index (χ4n) is 4.01. The van der Waals surface area contributed by atoms with Crippen molar-refractivity contribution in [2.45, 2.75) is 10.9 Å². The standard InChI is InChI=1S/C24H18N2O3S/c27-22(14-25-23(28)17-10-4-5-11-18(17)24(25)29)26-19-12-6-7-13-21(19)30-15-20(26)16-8-2-1-3-9-16/h1-13,20H,14-15H2. The summed E-state index contributed by atoms with van der Waals surface area (Å²) in [4.78, 5) is 42.8. The molecule has 0 bridgehead atoms. The molecule has 5 nitrogen and oxygen atoms in total. The van der Waals surface area contributed by atoms with Crippen LogP contribution < -0.4 is 4.90 Å². The average molecular weight is 414 g/mol. The molecule has 148 valence electrons. The molecule has 3 amide bonds. The minimum absolute atomic E-state index is 0.172. The molecule has 0 N–H and O–H groups in total. The number of nitrogens with zero attached hydrogens (tertiary/aromatic N) is 2. The Balaban J connectivity index is 1.50. The smallest absolute Gasteiger partial charge is 0.262 e. The molecule has 1 atom stereocenters. The van der Waals surface area contributed by atoms with Gasteiger partial charge in [-0.15, -0.1) is 11.8 Å². The van der Waals surface area contributed by atoms with E-state index in [9.17, 15) is 14.4 Å². The van der Waals surface area contributed by atoms with Gasteiger partial charge in [0.2, 0.25) is 5.91 Å². The van der Waals surface area contributed by atoms with Gasteiger partial charge in [-0.1, -0.05) is 54.6 Å². The zero-order valence-electron chi connectivity index (χ0n) is 16.0. The van der Waals surface area contributed by atoms with E-state index in [-0.39, 0.29) is 18.5 Å². The van der Waals surface area contributed by atoms with Crippen LogP contribution in [0.1, 0.15) is 32.3 Å². The third kappa shape index (κ3) is 3.00. The monoisotopic (exact) mass is 414 g/mol. The second-order valence-corrected chi connectivity index (χ2v) is 8.27. The van der Waals surface area contributed by atoms with E-state index < -0.39 is 11.8 Å². The van der Waals surface area contributed by atoms with Crippen LogP contribution in [0.5, 0.6) is 0 Å². The summed E-state index contributed by atoms with van der Waals surface area (Å²) in [6.45, 7) is -0.283. The summed E-state index contributed by atoms with van der Waals surface area (Å²) in [5, 5.41) is 0. The lowest BCUT2D eigenvalue weighted by molar-refractivity contribution is -0.119. The molecule has 3 aromatic rings. The summed E-state index contributed by atoms with van der Waals surface area (Å²) in [6, 6.07) is 24.1.